The standard InChI is InChI=1S/C16H17F3N2O3/c1-2-14(22)20-9-15(23)21-7-8-24-10-13(21)11-3-5-12(6-4-11)16(17,18)19/h2-6,13H,1,7-10H2,(H,20,22). The van der Waals surface area contributed by atoms with Gasteiger partial charge in [-0.15, -0.1) is 0 Å². The van der Waals surface area contributed by atoms with Crippen molar-refractivity contribution in [1.82, 2.24) is 10.2 Å². The van der Waals surface area contributed by atoms with Gasteiger partial charge in [0.2, 0.25) is 11.8 Å². The lowest BCUT2D eigenvalue weighted by Crippen LogP contribution is -2.47. The maximum Gasteiger partial charge on any atom is 0.416 e. The van der Waals surface area contributed by atoms with Crippen molar-refractivity contribution in [2.45, 2.75) is 12.2 Å². The monoisotopic (exact) mass is 342 g/mol. The SMILES string of the molecule is C=CC(=O)NCC(=O)N1CCOCC1c1ccc(C(F)(F)F)cc1. The molecule has 5 nitrogen and oxygen atoms in total. The van der Waals surface area contributed by atoms with E-state index < -0.39 is 23.7 Å². The third kappa shape index (κ3) is 4.35. The zero-order valence-electron chi connectivity index (χ0n) is 12.8. The van der Waals surface area contributed by atoms with Crippen molar-refractivity contribution in [3.63, 3.8) is 0 Å². The van der Waals surface area contributed by atoms with Crippen molar-refractivity contribution in [3.05, 3.63) is 48.0 Å². The minimum absolute atomic E-state index is 0.187. The molecule has 0 bridgehead atoms. The Kier molecular flexibility index (Phi) is 5.61. The van der Waals surface area contributed by atoms with Gasteiger partial charge in [0.15, 0.2) is 0 Å². The fourth-order valence-electron chi connectivity index (χ4n) is 2.41. The van der Waals surface area contributed by atoms with Crippen LogP contribution >= 0.6 is 0 Å². The van der Waals surface area contributed by atoms with Gasteiger partial charge in [0.1, 0.15) is 0 Å². The zero-order chi connectivity index (χ0) is 17.7. The summed E-state index contributed by atoms with van der Waals surface area (Å²) in [5, 5.41) is 2.39. The van der Waals surface area contributed by atoms with Gasteiger partial charge in [-0.2, -0.15) is 13.2 Å². The first kappa shape index (κ1) is 18.0. The number of rotatable bonds is 4. The van der Waals surface area contributed by atoms with Crippen LogP contribution in [0.1, 0.15) is 17.2 Å². The number of benzene rings is 1. The predicted molar refractivity (Wildman–Crippen MR) is 79.9 cm³/mol. The molecule has 1 fully saturated rings. The first-order valence-electron chi connectivity index (χ1n) is 7.27. The molecule has 1 aliphatic rings. The molecule has 1 saturated heterocycles. The summed E-state index contributed by atoms with van der Waals surface area (Å²) in [6, 6.07) is 4.14. The molecule has 0 spiro atoms. The Hall–Kier alpha value is -2.35. The second kappa shape index (κ2) is 7.48. The molecule has 0 aliphatic carbocycles. The molecular formula is C16H17F3N2O3. The molecule has 1 N–H and O–H groups in total. The number of morpholine rings is 1. The van der Waals surface area contributed by atoms with E-state index in [4.69, 9.17) is 4.74 Å². The number of ether oxygens (including phenoxy) is 1. The highest BCUT2D eigenvalue weighted by molar-refractivity contribution is 5.90. The van der Waals surface area contributed by atoms with Gasteiger partial charge in [-0.1, -0.05) is 18.7 Å². The Bertz CT molecular complexity index is 614. The van der Waals surface area contributed by atoms with E-state index in [0.29, 0.717) is 18.7 Å². The number of amides is 2. The lowest BCUT2D eigenvalue weighted by atomic mass is 10.0. The second-order valence-electron chi connectivity index (χ2n) is 5.22. The van der Waals surface area contributed by atoms with Crippen LogP contribution in [0.15, 0.2) is 36.9 Å². The Morgan fingerprint density at radius 2 is 2.00 bits per heavy atom. The van der Waals surface area contributed by atoms with Gasteiger partial charge < -0.3 is 15.0 Å². The molecule has 1 unspecified atom stereocenters. The first-order chi connectivity index (χ1) is 11.3. The van der Waals surface area contributed by atoms with Crippen LogP contribution in [0.2, 0.25) is 0 Å². The van der Waals surface area contributed by atoms with E-state index in [1.807, 2.05) is 0 Å². The molecule has 2 amide bonds. The molecule has 8 heteroatoms. The van der Waals surface area contributed by atoms with Crippen molar-refractivity contribution in [1.29, 1.82) is 0 Å². The molecule has 0 radical (unpaired) electrons. The second-order valence-corrected chi connectivity index (χ2v) is 5.22. The molecule has 130 valence electrons. The molecule has 24 heavy (non-hydrogen) atoms. The summed E-state index contributed by atoms with van der Waals surface area (Å²) in [7, 11) is 0. The van der Waals surface area contributed by atoms with Gasteiger partial charge in [0.25, 0.3) is 0 Å². The highest BCUT2D eigenvalue weighted by Gasteiger charge is 2.32. The summed E-state index contributed by atoms with van der Waals surface area (Å²) in [6.45, 7) is 3.91. The van der Waals surface area contributed by atoms with E-state index >= 15 is 0 Å². The van der Waals surface area contributed by atoms with Gasteiger partial charge in [0, 0.05) is 6.54 Å². The van der Waals surface area contributed by atoms with Crippen molar-refractivity contribution >= 4 is 11.8 Å². The highest BCUT2D eigenvalue weighted by atomic mass is 19.4. The normalized spacial score (nSPS) is 18.1. The van der Waals surface area contributed by atoms with Crippen LogP contribution in [0, 0.1) is 0 Å². The summed E-state index contributed by atoms with van der Waals surface area (Å²) in [4.78, 5) is 24.9. The first-order valence-corrected chi connectivity index (χ1v) is 7.27. The molecule has 1 aliphatic heterocycles. The van der Waals surface area contributed by atoms with Gasteiger partial charge in [-0.05, 0) is 23.8 Å². The lowest BCUT2D eigenvalue weighted by molar-refractivity contribution is -0.140. The maximum atomic E-state index is 12.6. The number of halogens is 3. The molecule has 1 heterocycles. The molecule has 0 saturated carbocycles. The number of carbonyl (C=O) groups excluding carboxylic acids is 2. The number of nitrogens with one attached hydrogen (secondary N) is 1. The lowest BCUT2D eigenvalue weighted by Gasteiger charge is -2.36. The molecule has 1 aromatic carbocycles. The van der Waals surface area contributed by atoms with Gasteiger partial charge >= 0.3 is 6.18 Å². The molecule has 1 atom stereocenters. The molecule has 1 aromatic rings. The third-order valence-corrected chi connectivity index (χ3v) is 3.67. The van der Waals surface area contributed by atoms with E-state index in [2.05, 4.69) is 11.9 Å². The number of alkyl halides is 3. The van der Waals surface area contributed by atoms with E-state index in [0.717, 1.165) is 18.2 Å². The van der Waals surface area contributed by atoms with Crippen LogP contribution < -0.4 is 5.32 Å². The number of carbonyl (C=O) groups is 2. The van der Waals surface area contributed by atoms with Crippen LogP contribution in [0.25, 0.3) is 0 Å². The van der Waals surface area contributed by atoms with Gasteiger partial charge in [0.05, 0.1) is 31.4 Å². The largest absolute Gasteiger partial charge is 0.416 e. The molecule has 0 aromatic heterocycles. The van der Waals surface area contributed by atoms with Crippen LogP contribution in [0.4, 0.5) is 13.2 Å². The predicted octanol–water partition coefficient (Wildman–Crippen LogP) is 1.91. The third-order valence-electron chi connectivity index (χ3n) is 3.67. The fourth-order valence-corrected chi connectivity index (χ4v) is 2.41. The van der Waals surface area contributed by atoms with Crippen molar-refractivity contribution in [3.8, 4) is 0 Å². The number of hydrogen-bond acceptors (Lipinski definition) is 3. The van der Waals surface area contributed by atoms with Crippen LogP contribution in [0.3, 0.4) is 0 Å². The Morgan fingerprint density at radius 3 is 2.58 bits per heavy atom. The van der Waals surface area contributed by atoms with Crippen molar-refractivity contribution < 1.29 is 27.5 Å². The minimum atomic E-state index is -4.41. The van der Waals surface area contributed by atoms with Gasteiger partial charge in [-0.3, -0.25) is 9.59 Å². The van der Waals surface area contributed by atoms with Crippen molar-refractivity contribution in [2.75, 3.05) is 26.3 Å². The number of hydrogen-bond donors (Lipinski definition) is 1. The van der Waals surface area contributed by atoms with Crippen LogP contribution in [-0.2, 0) is 20.5 Å². The minimum Gasteiger partial charge on any atom is -0.377 e. The Balaban J connectivity index is 2.12. The summed E-state index contributed by atoms with van der Waals surface area (Å²) < 4.78 is 43.3. The summed E-state index contributed by atoms with van der Waals surface area (Å²) >= 11 is 0. The summed E-state index contributed by atoms with van der Waals surface area (Å²) in [5.41, 5.74) is -0.204. The maximum absolute atomic E-state index is 12.6. The highest BCUT2D eigenvalue weighted by Crippen LogP contribution is 2.31. The topological polar surface area (TPSA) is 58.6 Å². The van der Waals surface area contributed by atoms with Gasteiger partial charge in [-0.25, -0.2) is 0 Å². The Labute approximate surface area is 137 Å². The van der Waals surface area contributed by atoms with E-state index in [-0.39, 0.29) is 19.1 Å². The summed E-state index contributed by atoms with van der Waals surface area (Å²) in [6.07, 6.45) is -3.36. The smallest absolute Gasteiger partial charge is 0.377 e. The van der Waals surface area contributed by atoms with E-state index in [1.165, 1.54) is 17.0 Å². The fraction of sp³-hybridized carbons (Fsp3) is 0.375. The van der Waals surface area contributed by atoms with Crippen LogP contribution in [-0.4, -0.2) is 43.0 Å². The average molecular weight is 342 g/mol. The molecule has 2 rings (SSSR count). The summed E-state index contributed by atoms with van der Waals surface area (Å²) in [5.74, 6) is -0.805. The quantitative estimate of drug-likeness (QED) is 0.851. The zero-order valence-corrected chi connectivity index (χ0v) is 12.8. The average Bonchev–Trinajstić information content (AvgIpc) is 2.58. The Morgan fingerprint density at radius 1 is 1.33 bits per heavy atom. The van der Waals surface area contributed by atoms with E-state index in [9.17, 15) is 22.8 Å². The van der Waals surface area contributed by atoms with Crippen LogP contribution in [0.5, 0.6) is 0 Å². The van der Waals surface area contributed by atoms with E-state index in [1.54, 1.807) is 0 Å². The number of nitrogens with zero attached hydrogens (tertiary/aromatic N) is 1. The molecular weight excluding hydrogens is 325 g/mol. The van der Waals surface area contributed by atoms with Crippen molar-refractivity contribution in [2.24, 2.45) is 0 Å².